The molecular formula is C24H35N3O5. The van der Waals surface area contributed by atoms with E-state index in [4.69, 9.17) is 9.26 Å². The summed E-state index contributed by atoms with van der Waals surface area (Å²) >= 11 is 0. The molecular weight excluding hydrogens is 410 g/mol. The molecule has 1 heterocycles. The topological polar surface area (TPSA) is 111 Å². The molecule has 1 aromatic rings. The minimum Gasteiger partial charge on any atom is -0.452 e. The molecule has 4 aliphatic rings. The van der Waals surface area contributed by atoms with E-state index in [0.717, 1.165) is 32.1 Å². The number of aromatic nitrogens is 1. The van der Waals surface area contributed by atoms with Gasteiger partial charge in [-0.3, -0.25) is 14.4 Å². The molecule has 1 unspecified atom stereocenters. The molecule has 0 saturated heterocycles. The van der Waals surface area contributed by atoms with Crippen molar-refractivity contribution in [2.75, 3.05) is 11.9 Å². The van der Waals surface area contributed by atoms with Crippen LogP contribution in [-0.2, 0) is 19.1 Å². The quantitative estimate of drug-likeness (QED) is 0.531. The predicted octanol–water partition coefficient (Wildman–Crippen LogP) is 3.75. The van der Waals surface area contributed by atoms with Crippen LogP contribution in [0.3, 0.4) is 0 Å². The average Bonchev–Trinajstić information content (AvgIpc) is 3.14. The molecule has 2 N–H and O–H groups in total. The third kappa shape index (κ3) is 5.15. The molecule has 176 valence electrons. The highest BCUT2D eigenvalue weighted by Gasteiger charge is 2.54. The summed E-state index contributed by atoms with van der Waals surface area (Å²) in [5.74, 6) is 2.17. The first-order valence-corrected chi connectivity index (χ1v) is 12.1. The molecule has 4 bridgehead atoms. The van der Waals surface area contributed by atoms with E-state index in [9.17, 15) is 14.4 Å². The van der Waals surface area contributed by atoms with Crippen LogP contribution in [-0.4, -0.2) is 35.6 Å². The fraction of sp³-hybridized carbons (Fsp3) is 0.750. The molecule has 8 heteroatoms. The highest BCUT2D eigenvalue weighted by molar-refractivity contribution is 5.94. The smallest absolute Gasteiger partial charge is 0.308 e. The van der Waals surface area contributed by atoms with Crippen molar-refractivity contribution in [2.45, 2.75) is 84.2 Å². The third-order valence-corrected chi connectivity index (χ3v) is 7.40. The number of anilines is 1. The highest BCUT2D eigenvalue weighted by Crippen LogP contribution is 2.60. The van der Waals surface area contributed by atoms with Crippen molar-refractivity contribution < 1.29 is 23.6 Å². The van der Waals surface area contributed by atoms with Crippen LogP contribution in [0.5, 0.6) is 0 Å². The Kier molecular flexibility index (Phi) is 6.86. The molecule has 0 aromatic carbocycles. The number of nitrogens with one attached hydrogen (secondary N) is 2. The van der Waals surface area contributed by atoms with Crippen LogP contribution in [0.1, 0.15) is 76.9 Å². The zero-order valence-corrected chi connectivity index (χ0v) is 19.2. The summed E-state index contributed by atoms with van der Waals surface area (Å²) in [6.07, 6.45) is 8.08. The van der Waals surface area contributed by atoms with E-state index in [1.165, 1.54) is 19.3 Å². The van der Waals surface area contributed by atoms with E-state index >= 15 is 0 Å². The molecule has 0 radical (unpaired) electrons. The highest BCUT2D eigenvalue weighted by atomic mass is 16.5. The fourth-order valence-electron chi connectivity index (χ4n) is 6.34. The molecule has 4 aliphatic carbocycles. The summed E-state index contributed by atoms with van der Waals surface area (Å²) in [5.41, 5.74) is -0.224. The van der Waals surface area contributed by atoms with Crippen LogP contribution in [0, 0.1) is 30.1 Å². The average molecular weight is 446 g/mol. The Bertz CT molecular complexity index is 813. The number of hydrogen-bond donors (Lipinski definition) is 2. The molecule has 0 aliphatic heterocycles. The number of carbonyl (C=O) groups is 3. The van der Waals surface area contributed by atoms with Gasteiger partial charge in [-0.2, -0.15) is 0 Å². The number of nitrogens with zero attached hydrogens (tertiary/aromatic N) is 1. The summed E-state index contributed by atoms with van der Waals surface area (Å²) < 4.78 is 10.4. The minimum absolute atomic E-state index is 0.0527. The Labute approximate surface area is 189 Å². The Morgan fingerprint density at radius 3 is 2.41 bits per heavy atom. The summed E-state index contributed by atoms with van der Waals surface area (Å²) in [7, 11) is 0. The maximum atomic E-state index is 13.0. The Morgan fingerprint density at radius 1 is 1.19 bits per heavy atom. The number of hydrogen-bond acceptors (Lipinski definition) is 6. The van der Waals surface area contributed by atoms with Gasteiger partial charge in [0.25, 0.3) is 5.91 Å². The fourth-order valence-corrected chi connectivity index (χ4v) is 6.34. The molecule has 1 atom stereocenters. The van der Waals surface area contributed by atoms with Gasteiger partial charge in [-0.1, -0.05) is 18.5 Å². The maximum Gasteiger partial charge on any atom is 0.308 e. The van der Waals surface area contributed by atoms with Gasteiger partial charge >= 0.3 is 5.97 Å². The lowest BCUT2D eigenvalue weighted by atomic mass is 9.49. The SMILES string of the molecule is CCCCC(OC(=O)CCNC(=O)C12CC3CC(CC(C3)C1)C2)C(=O)Nc1cc(C)on1. The number of ether oxygens (including phenoxy) is 1. The maximum absolute atomic E-state index is 13.0. The monoisotopic (exact) mass is 445 g/mol. The van der Waals surface area contributed by atoms with Crippen molar-refractivity contribution in [1.29, 1.82) is 0 Å². The second-order valence-corrected chi connectivity index (χ2v) is 10.1. The lowest BCUT2D eigenvalue weighted by molar-refractivity contribution is -0.155. The molecule has 0 spiro atoms. The largest absolute Gasteiger partial charge is 0.452 e. The van der Waals surface area contributed by atoms with Gasteiger partial charge in [-0.05, 0) is 76.0 Å². The summed E-state index contributed by atoms with van der Waals surface area (Å²) in [6.45, 7) is 3.98. The lowest BCUT2D eigenvalue weighted by Gasteiger charge is -2.55. The first-order valence-electron chi connectivity index (χ1n) is 12.1. The number of esters is 1. The summed E-state index contributed by atoms with van der Waals surface area (Å²) in [5, 5.41) is 9.38. The molecule has 4 saturated carbocycles. The van der Waals surface area contributed by atoms with Crippen molar-refractivity contribution in [3.05, 3.63) is 11.8 Å². The van der Waals surface area contributed by atoms with Crippen LogP contribution in [0.25, 0.3) is 0 Å². The second kappa shape index (κ2) is 9.63. The Hall–Kier alpha value is -2.38. The van der Waals surface area contributed by atoms with Gasteiger partial charge in [0.1, 0.15) is 5.76 Å². The van der Waals surface area contributed by atoms with E-state index in [1.54, 1.807) is 13.0 Å². The van der Waals surface area contributed by atoms with Gasteiger partial charge in [0.2, 0.25) is 5.91 Å². The lowest BCUT2D eigenvalue weighted by Crippen LogP contribution is -2.53. The minimum atomic E-state index is -0.890. The molecule has 5 rings (SSSR count). The molecule has 1 aromatic heterocycles. The number of rotatable bonds is 10. The normalized spacial score (nSPS) is 28.9. The van der Waals surface area contributed by atoms with Crippen LogP contribution >= 0.6 is 0 Å². The van der Waals surface area contributed by atoms with E-state index in [1.807, 2.05) is 6.92 Å². The summed E-state index contributed by atoms with van der Waals surface area (Å²) in [4.78, 5) is 38.0. The van der Waals surface area contributed by atoms with Crippen molar-refractivity contribution in [3.8, 4) is 0 Å². The van der Waals surface area contributed by atoms with E-state index in [-0.39, 0.29) is 24.3 Å². The number of amides is 2. The van der Waals surface area contributed by atoms with Gasteiger partial charge in [0, 0.05) is 18.0 Å². The van der Waals surface area contributed by atoms with E-state index in [2.05, 4.69) is 15.8 Å². The zero-order valence-electron chi connectivity index (χ0n) is 19.2. The molecule has 2 amide bonds. The number of carbonyl (C=O) groups excluding carboxylic acids is 3. The first-order chi connectivity index (χ1) is 15.4. The van der Waals surface area contributed by atoms with Crippen molar-refractivity contribution in [1.82, 2.24) is 10.5 Å². The second-order valence-electron chi connectivity index (χ2n) is 10.1. The molecule has 4 fully saturated rings. The Balaban J connectivity index is 1.25. The Morgan fingerprint density at radius 2 is 1.84 bits per heavy atom. The van der Waals surface area contributed by atoms with Gasteiger partial charge < -0.3 is 19.9 Å². The number of unbranched alkanes of at least 4 members (excludes halogenated alkanes) is 1. The van der Waals surface area contributed by atoms with E-state index < -0.39 is 18.0 Å². The van der Waals surface area contributed by atoms with Crippen molar-refractivity contribution in [3.63, 3.8) is 0 Å². The van der Waals surface area contributed by atoms with Crippen molar-refractivity contribution in [2.24, 2.45) is 23.2 Å². The van der Waals surface area contributed by atoms with Crippen LogP contribution in [0.4, 0.5) is 5.82 Å². The molecule has 32 heavy (non-hydrogen) atoms. The summed E-state index contributed by atoms with van der Waals surface area (Å²) in [6, 6.07) is 1.61. The van der Waals surface area contributed by atoms with Gasteiger partial charge in [0.05, 0.1) is 6.42 Å². The van der Waals surface area contributed by atoms with Gasteiger partial charge in [0.15, 0.2) is 11.9 Å². The van der Waals surface area contributed by atoms with E-state index in [0.29, 0.717) is 35.8 Å². The zero-order chi connectivity index (χ0) is 22.7. The number of aryl methyl sites for hydroxylation is 1. The third-order valence-electron chi connectivity index (χ3n) is 7.40. The van der Waals surface area contributed by atoms with Crippen molar-refractivity contribution >= 4 is 23.6 Å². The van der Waals surface area contributed by atoms with Crippen LogP contribution in [0.2, 0.25) is 0 Å². The van der Waals surface area contributed by atoms with Gasteiger partial charge in [-0.15, -0.1) is 0 Å². The molecule has 8 nitrogen and oxygen atoms in total. The first kappa shape index (κ1) is 22.8. The predicted molar refractivity (Wildman–Crippen MR) is 118 cm³/mol. The van der Waals surface area contributed by atoms with Crippen LogP contribution in [0.15, 0.2) is 10.6 Å². The standard InChI is InChI=1S/C24H35N3O5/c1-3-4-5-19(22(29)26-20-8-15(2)32-27-20)31-21(28)6-7-25-23(30)24-12-16-9-17(13-24)11-18(10-16)14-24/h8,16-19H,3-7,9-14H2,1-2H3,(H,25,30)(H,26,27,29). The van der Waals surface area contributed by atoms with Gasteiger partial charge in [-0.25, -0.2) is 0 Å². The van der Waals surface area contributed by atoms with Crippen LogP contribution < -0.4 is 10.6 Å².